The molecule has 0 aliphatic rings. The van der Waals surface area contributed by atoms with Gasteiger partial charge in [-0.3, -0.25) is 4.79 Å². The van der Waals surface area contributed by atoms with E-state index < -0.39 is 5.82 Å². The van der Waals surface area contributed by atoms with Crippen molar-refractivity contribution in [3.8, 4) is 0 Å². The van der Waals surface area contributed by atoms with E-state index in [4.69, 9.17) is 11.6 Å². The number of carbonyl (C=O) groups is 1. The van der Waals surface area contributed by atoms with Gasteiger partial charge in [-0.1, -0.05) is 55.3 Å². The molecule has 0 unspecified atom stereocenters. The van der Waals surface area contributed by atoms with Gasteiger partial charge in [0, 0.05) is 22.6 Å². The number of halogens is 2. The number of hydrogen-bond acceptors (Lipinski definition) is 1. The van der Waals surface area contributed by atoms with Crippen LogP contribution in [0.15, 0.2) is 42.5 Å². The van der Waals surface area contributed by atoms with Gasteiger partial charge in [-0.2, -0.15) is 0 Å². The molecule has 0 radical (unpaired) electrons. The number of benzene rings is 2. The van der Waals surface area contributed by atoms with E-state index in [0.29, 0.717) is 10.6 Å². The third kappa shape index (κ3) is 3.45. The van der Waals surface area contributed by atoms with E-state index in [-0.39, 0.29) is 17.8 Å². The first-order valence-corrected chi connectivity index (χ1v) is 7.04. The average molecular weight is 291 g/mol. The van der Waals surface area contributed by atoms with E-state index in [2.05, 4.69) is 6.92 Å². The Morgan fingerprint density at radius 3 is 2.45 bits per heavy atom. The van der Waals surface area contributed by atoms with Crippen LogP contribution < -0.4 is 0 Å². The Morgan fingerprint density at radius 2 is 1.85 bits per heavy atom. The molecule has 3 heteroatoms. The van der Waals surface area contributed by atoms with Crippen molar-refractivity contribution in [2.24, 2.45) is 0 Å². The van der Waals surface area contributed by atoms with Crippen LogP contribution in [-0.4, -0.2) is 5.78 Å². The van der Waals surface area contributed by atoms with Gasteiger partial charge in [-0.15, -0.1) is 0 Å². The largest absolute Gasteiger partial charge is 0.294 e. The van der Waals surface area contributed by atoms with E-state index in [1.807, 2.05) is 12.1 Å². The van der Waals surface area contributed by atoms with Crippen LogP contribution in [0.5, 0.6) is 0 Å². The first-order chi connectivity index (χ1) is 9.61. The summed E-state index contributed by atoms with van der Waals surface area (Å²) < 4.78 is 13.7. The lowest BCUT2D eigenvalue weighted by Crippen LogP contribution is -2.06. The lowest BCUT2D eigenvalue weighted by molar-refractivity contribution is 0.0992. The van der Waals surface area contributed by atoms with Gasteiger partial charge < -0.3 is 0 Å². The van der Waals surface area contributed by atoms with Crippen LogP contribution in [0, 0.1) is 5.82 Å². The van der Waals surface area contributed by atoms with Gasteiger partial charge in [-0.05, 0) is 24.1 Å². The summed E-state index contributed by atoms with van der Waals surface area (Å²) in [7, 11) is 0. The highest BCUT2D eigenvalue weighted by atomic mass is 35.5. The minimum Gasteiger partial charge on any atom is -0.294 e. The van der Waals surface area contributed by atoms with Gasteiger partial charge in [0.1, 0.15) is 5.82 Å². The second-order valence-electron chi connectivity index (χ2n) is 4.75. The zero-order chi connectivity index (χ0) is 14.5. The molecule has 0 atom stereocenters. The molecule has 2 aromatic rings. The Labute approximate surface area is 123 Å². The Kier molecular flexibility index (Phi) is 4.91. The third-order valence-electron chi connectivity index (χ3n) is 3.21. The van der Waals surface area contributed by atoms with Crippen LogP contribution in [0.25, 0.3) is 0 Å². The standard InChI is InChI=1S/C17H16ClFO/c1-2-4-12-7-9-13(10-8-12)17(20)11-14-15(18)5-3-6-16(14)19/h3,5-10H,2,4,11H2,1H3. The van der Waals surface area contributed by atoms with Gasteiger partial charge in [0.05, 0.1) is 0 Å². The quantitative estimate of drug-likeness (QED) is 0.719. The fraction of sp³-hybridized carbons (Fsp3) is 0.235. The topological polar surface area (TPSA) is 17.1 Å². The Morgan fingerprint density at radius 1 is 1.15 bits per heavy atom. The molecule has 0 aromatic heterocycles. The lowest BCUT2D eigenvalue weighted by Gasteiger charge is -2.06. The summed E-state index contributed by atoms with van der Waals surface area (Å²) in [6.45, 7) is 2.11. The van der Waals surface area contributed by atoms with Crippen molar-refractivity contribution in [2.45, 2.75) is 26.2 Å². The maximum atomic E-state index is 13.7. The highest BCUT2D eigenvalue weighted by molar-refractivity contribution is 6.31. The maximum Gasteiger partial charge on any atom is 0.167 e. The molecule has 0 N–H and O–H groups in total. The summed E-state index contributed by atoms with van der Waals surface area (Å²) in [6.07, 6.45) is 2.05. The smallest absolute Gasteiger partial charge is 0.167 e. The maximum absolute atomic E-state index is 13.7. The zero-order valence-electron chi connectivity index (χ0n) is 11.3. The van der Waals surface area contributed by atoms with Crippen molar-refractivity contribution < 1.29 is 9.18 Å². The van der Waals surface area contributed by atoms with Gasteiger partial charge >= 0.3 is 0 Å². The highest BCUT2D eigenvalue weighted by Gasteiger charge is 2.13. The molecule has 1 nitrogen and oxygen atoms in total. The number of Topliss-reactive ketones (excluding diaryl/α,β-unsaturated/α-hetero) is 1. The van der Waals surface area contributed by atoms with E-state index >= 15 is 0 Å². The molecular weight excluding hydrogens is 275 g/mol. The Bertz CT molecular complexity index is 585. The van der Waals surface area contributed by atoms with Crippen LogP contribution in [0.3, 0.4) is 0 Å². The van der Waals surface area contributed by atoms with E-state index in [1.54, 1.807) is 18.2 Å². The molecule has 20 heavy (non-hydrogen) atoms. The second-order valence-corrected chi connectivity index (χ2v) is 5.15. The monoisotopic (exact) mass is 290 g/mol. The fourth-order valence-electron chi connectivity index (χ4n) is 2.11. The average Bonchev–Trinajstić information content (AvgIpc) is 2.44. The third-order valence-corrected chi connectivity index (χ3v) is 3.57. The van der Waals surface area contributed by atoms with Crippen molar-refractivity contribution in [1.82, 2.24) is 0 Å². The van der Waals surface area contributed by atoms with Crippen molar-refractivity contribution in [1.29, 1.82) is 0 Å². The Balaban J connectivity index is 2.16. The van der Waals surface area contributed by atoms with Crippen molar-refractivity contribution in [3.63, 3.8) is 0 Å². The molecule has 0 aliphatic carbocycles. The van der Waals surface area contributed by atoms with Crippen LogP contribution in [0.2, 0.25) is 5.02 Å². The summed E-state index contributed by atoms with van der Waals surface area (Å²) in [5, 5.41) is 0.293. The number of aryl methyl sites for hydroxylation is 1. The molecule has 0 saturated heterocycles. The van der Waals surface area contributed by atoms with Crippen molar-refractivity contribution in [2.75, 3.05) is 0 Å². The van der Waals surface area contributed by atoms with Gasteiger partial charge in [0.2, 0.25) is 0 Å². The molecular formula is C17H16ClFO. The molecule has 0 fully saturated rings. The van der Waals surface area contributed by atoms with E-state index in [1.165, 1.54) is 17.7 Å². The molecule has 0 amide bonds. The van der Waals surface area contributed by atoms with Crippen molar-refractivity contribution in [3.05, 3.63) is 70.0 Å². The summed E-state index contributed by atoms with van der Waals surface area (Å²) in [5.74, 6) is -0.562. The second kappa shape index (κ2) is 6.67. The van der Waals surface area contributed by atoms with E-state index in [9.17, 15) is 9.18 Å². The lowest BCUT2D eigenvalue weighted by atomic mass is 10.0. The molecule has 0 bridgehead atoms. The molecule has 0 aliphatic heterocycles. The predicted molar refractivity (Wildman–Crippen MR) is 79.9 cm³/mol. The first kappa shape index (κ1) is 14.7. The van der Waals surface area contributed by atoms with E-state index in [0.717, 1.165) is 12.8 Å². The van der Waals surface area contributed by atoms with Gasteiger partial charge in [-0.25, -0.2) is 4.39 Å². The zero-order valence-corrected chi connectivity index (χ0v) is 12.1. The number of ketones is 1. The number of carbonyl (C=O) groups excluding carboxylic acids is 1. The molecule has 0 heterocycles. The summed E-state index contributed by atoms with van der Waals surface area (Å²) >= 11 is 5.94. The minimum absolute atomic E-state index is 0.0152. The van der Waals surface area contributed by atoms with Crippen LogP contribution in [-0.2, 0) is 12.8 Å². The minimum atomic E-state index is -0.437. The number of hydrogen-bond donors (Lipinski definition) is 0. The predicted octanol–water partition coefficient (Wildman–Crippen LogP) is 4.86. The van der Waals surface area contributed by atoms with Crippen molar-refractivity contribution >= 4 is 17.4 Å². The molecule has 0 saturated carbocycles. The van der Waals surface area contributed by atoms with Crippen LogP contribution in [0.4, 0.5) is 4.39 Å². The summed E-state index contributed by atoms with van der Waals surface area (Å²) in [4.78, 5) is 12.2. The Hall–Kier alpha value is -1.67. The van der Waals surface area contributed by atoms with Crippen LogP contribution in [0.1, 0.15) is 34.8 Å². The fourth-order valence-corrected chi connectivity index (χ4v) is 2.34. The first-order valence-electron chi connectivity index (χ1n) is 6.67. The normalized spacial score (nSPS) is 10.6. The number of rotatable bonds is 5. The molecule has 0 spiro atoms. The molecule has 104 valence electrons. The van der Waals surface area contributed by atoms with Crippen LogP contribution >= 0.6 is 11.6 Å². The summed E-state index contributed by atoms with van der Waals surface area (Å²) in [5.41, 5.74) is 2.05. The highest BCUT2D eigenvalue weighted by Crippen LogP contribution is 2.21. The molecule has 2 rings (SSSR count). The summed E-state index contributed by atoms with van der Waals surface area (Å²) in [6, 6.07) is 11.9. The molecule has 2 aromatic carbocycles. The van der Waals surface area contributed by atoms with Gasteiger partial charge in [0.25, 0.3) is 0 Å². The SMILES string of the molecule is CCCc1ccc(C(=O)Cc2c(F)cccc2Cl)cc1. The van der Waals surface area contributed by atoms with Gasteiger partial charge in [0.15, 0.2) is 5.78 Å².